The Bertz CT molecular complexity index is 536. The molecule has 1 aromatic rings. The molecule has 0 aliphatic carbocycles. The molecule has 0 radical (unpaired) electrons. The SMILES string of the molecule is Cc1c(B2OC(C)(C)C(C)(C)O2)cnn1CC(C)(C)N=O. The number of rotatable bonds is 4. The second kappa shape index (κ2) is 4.92. The van der Waals surface area contributed by atoms with E-state index in [1.165, 1.54) is 0 Å². The molecule has 0 atom stereocenters. The molecular weight excluding hydrogens is 269 g/mol. The molecule has 0 saturated carbocycles. The summed E-state index contributed by atoms with van der Waals surface area (Å²) in [7, 11) is -0.434. The monoisotopic (exact) mass is 293 g/mol. The molecule has 0 bridgehead atoms. The van der Waals surface area contributed by atoms with Gasteiger partial charge in [-0.1, -0.05) is 5.18 Å². The fraction of sp³-hybridized carbons (Fsp3) is 0.786. The lowest BCUT2D eigenvalue weighted by Gasteiger charge is -2.32. The summed E-state index contributed by atoms with van der Waals surface area (Å²) in [5, 5.41) is 7.48. The van der Waals surface area contributed by atoms with Gasteiger partial charge in [-0.2, -0.15) is 10.0 Å². The Labute approximate surface area is 126 Å². The second-order valence-electron chi connectivity index (χ2n) is 7.33. The van der Waals surface area contributed by atoms with Gasteiger partial charge < -0.3 is 9.31 Å². The van der Waals surface area contributed by atoms with E-state index in [2.05, 4.69) is 10.3 Å². The van der Waals surface area contributed by atoms with Crippen molar-refractivity contribution in [2.75, 3.05) is 0 Å². The third kappa shape index (κ3) is 2.89. The van der Waals surface area contributed by atoms with Crippen molar-refractivity contribution in [3.05, 3.63) is 16.8 Å². The summed E-state index contributed by atoms with van der Waals surface area (Å²) in [5.74, 6) is 0. The van der Waals surface area contributed by atoms with Gasteiger partial charge in [0.2, 0.25) is 0 Å². The molecule has 0 unspecified atom stereocenters. The van der Waals surface area contributed by atoms with Gasteiger partial charge in [0, 0.05) is 17.4 Å². The quantitative estimate of drug-likeness (QED) is 0.629. The van der Waals surface area contributed by atoms with Crippen molar-refractivity contribution in [2.24, 2.45) is 5.18 Å². The van der Waals surface area contributed by atoms with E-state index in [0.717, 1.165) is 11.2 Å². The third-order valence-corrected chi connectivity index (χ3v) is 4.43. The highest BCUT2D eigenvalue weighted by Gasteiger charge is 2.52. The van der Waals surface area contributed by atoms with E-state index in [0.29, 0.717) is 6.54 Å². The first-order valence-corrected chi connectivity index (χ1v) is 7.21. The fourth-order valence-corrected chi connectivity index (χ4v) is 2.22. The van der Waals surface area contributed by atoms with Gasteiger partial charge in [0.15, 0.2) is 0 Å². The minimum absolute atomic E-state index is 0.379. The maximum absolute atomic E-state index is 10.8. The topological polar surface area (TPSA) is 65.7 Å². The first-order chi connectivity index (χ1) is 9.49. The molecule has 116 valence electrons. The van der Waals surface area contributed by atoms with Crippen LogP contribution < -0.4 is 5.46 Å². The van der Waals surface area contributed by atoms with Crippen LogP contribution in [0.5, 0.6) is 0 Å². The molecule has 6 nitrogen and oxygen atoms in total. The minimum atomic E-state index is -0.690. The first-order valence-electron chi connectivity index (χ1n) is 7.21. The average molecular weight is 293 g/mol. The maximum Gasteiger partial charge on any atom is 0.498 e. The summed E-state index contributed by atoms with van der Waals surface area (Å²) in [6.07, 6.45) is 1.75. The lowest BCUT2D eigenvalue weighted by atomic mass is 9.79. The molecule has 1 saturated heterocycles. The standard InChI is InChI=1S/C14H24BN3O3/c1-10-11(8-16-18(10)9-12(2,3)17-19)15-20-13(4,5)14(6,7)21-15/h8H,9H2,1-7H3. The number of aromatic nitrogens is 2. The lowest BCUT2D eigenvalue weighted by Crippen LogP contribution is -2.41. The molecule has 1 aliphatic rings. The Morgan fingerprint density at radius 3 is 2.29 bits per heavy atom. The van der Waals surface area contributed by atoms with Crippen LogP contribution >= 0.6 is 0 Å². The van der Waals surface area contributed by atoms with Gasteiger partial charge in [0.25, 0.3) is 0 Å². The highest BCUT2D eigenvalue weighted by molar-refractivity contribution is 6.62. The van der Waals surface area contributed by atoms with Crippen LogP contribution in [0, 0.1) is 11.8 Å². The third-order valence-electron chi connectivity index (χ3n) is 4.43. The number of nitrogens with zero attached hydrogens (tertiary/aromatic N) is 3. The summed E-state index contributed by atoms with van der Waals surface area (Å²) < 4.78 is 13.9. The van der Waals surface area contributed by atoms with E-state index in [4.69, 9.17) is 9.31 Å². The van der Waals surface area contributed by atoms with Crippen LogP contribution in [-0.2, 0) is 15.9 Å². The van der Waals surface area contributed by atoms with E-state index in [1.54, 1.807) is 24.7 Å². The Kier molecular flexibility index (Phi) is 3.79. The molecule has 0 spiro atoms. The van der Waals surface area contributed by atoms with Crippen molar-refractivity contribution >= 4 is 12.6 Å². The van der Waals surface area contributed by atoms with E-state index in [1.807, 2.05) is 34.6 Å². The lowest BCUT2D eigenvalue weighted by molar-refractivity contribution is 0.00578. The summed E-state index contributed by atoms with van der Waals surface area (Å²) in [4.78, 5) is 10.8. The van der Waals surface area contributed by atoms with Crippen LogP contribution in [0.15, 0.2) is 11.4 Å². The largest absolute Gasteiger partial charge is 0.498 e. The van der Waals surface area contributed by atoms with Crippen LogP contribution in [0.4, 0.5) is 0 Å². The first kappa shape index (κ1) is 16.2. The van der Waals surface area contributed by atoms with Crippen LogP contribution in [0.2, 0.25) is 0 Å². The fourth-order valence-electron chi connectivity index (χ4n) is 2.22. The Hall–Kier alpha value is -1.21. The second-order valence-corrected chi connectivity index (χ2v) is 7.33. The minimum Gasteiger partial charge on any atom is -0.399 e. The van der Waals surface area contributed by atoms with Gasteiger partial charge in [0.1, 0.15) is 5.54 Å². The molecule has 0 aromatic carbocycles. The molecule has 1 aliphatic heterocycles. The zero-order valence-corrected chi connectivity index (χ0v) is 13.9. The molecule has 21 heavy (non-hydrogen) atoms. The van der Waals surface area contributed by atoms with Crippen LogP contribution in [-0.4, -0.2) is 33.6 Å². The van der Waals surface area contributed by atoms with Crippen molar-refractivity contribution in [3.8, 4) is 0 Å². The summed E-state index contributed by atoms with van der Waals surface area (Å²) in [6, 6.07) is 0. The van der Waals surface area contributed by atoms with Crippen LogP contribution in [0.3, 0.4) is 0 Å². The van der Waals surface area contributed by atoms with E-state index < -0.39 is 12.7 Å². The van der Waals surface area contributed by atoms with Gasteiger partial charge in [0.05, 0.1) is 17.7 Å². The predicted molar refractivity (Wildman–Crippen MR) is 82.6 cm³/mol. The van der Waals surface area contributed by atoms with Crippen molar-refractivity contribution in [1.82, 2.24) is 9.78 Å². The zero-order chi connectivity index (χ0) is 16.1. The Morgan fingerprint density at radius 2 is 1.81 bits per heavy atom. The molecule has 0 N–H and O–H groups in total. The van der Waals surface area contributed by atoms with Crippen LogP contribution in [0.1, 0.15) is 47.2 Å². The van der Waals surface area contributed by atoms with E-state index in [-0.39, 0.29) is 11.2 Å². The van der Waals surface area contributed by atoms with Crippen molar-refractivity contribution in [3.63, 3.8) is 0 Å². The Morgan fingerprint density at radius 1 is 1.29 bits per heavy atom. The normalized spacial score (nSPS) is 20.8. The van der Waals surface area contributed by atoms with Gasteiger partial charge in [-0.05, 0) is 48.5 Å². The van der Waals surface area contributed by atoms with Gasteiger partial charge >= 0.3 is 7.12 Å². The van der Waals surface area contributed by atoms with Crippen LogP contribution in [0.25, 0.3) is 0 Å². The number of hydrogen-bond donors (Lipinski definition) is 0. The number of nitroso groups, excluding NO2 is 1. The molecular formula is C14H24BN3O3. The molecule has 2 heterocycles. The van der Waals surface area contributed by atoms with Gasteiger partial charge in [-0.3, -0.25) is 4.68 Å². The molecule has 2 rings (SSSR count). The molecule has 1 aromatic heterocycles. The van der Waals surface area contributed by atoms with Gasteiger partial charge in [-0.15, -0.1) is 0 Å². The summed E-state index contributed by atoms with van der Waals surface area (Å²) in [5.41, 5.74) is 0.385. The van der Waals surface area contributed by atoms with Crippen molar-refractivity contribution in [1.29, 1.82) is 0 Å². The highest BCUT2D eigenvalue weighted by atomic mass is 16.7. The smallest absolute Gasteiger partial charge is 0.399 e. The zero-order valence-electron chi connectivity index (χ0n) is 13.9. The predicted octanol–water partition coefficient (Wildman–Crippen LogP) is 2.04. The molecule has 7 heteroatoms. The average Bonchev–Trinajstić information content (AvgIpc) is 2.78. The van der Waals surface area contributed by atoms with E-state index >= 15 is 0 Å². The maximum atomic E-state index is 10.8. The van der Waals surface area contributed by atoms with E-state index in [9.17, 15) is 4.91 Å². The van der Waals surface area contributed by atoms with Crippen molar-refractivity contribution in [2.45, 2.75) is 71.8 Å². The highest BCUT2D eigenvalue weighted by Crippen LogP contribution is 2.36. The Balaban J connectivity index is 2.24. The molecule has 1 fully saturated rings. The van der Waals surface area contributed by atoms with Gasteiger partial charge in [-0.25, -0.2) is 0 Å². The summed E-state index contributed by atoms with van der Waals surface area (Å²) >= 11 is 0. The summed E-state index contributed by atoms with van der Waals surface area (Å²) in [6.45, 7) is 14.0. The number of hydrogen-bond acceptors (Lipinski definition) is 5. The van der Waals surface area contributed by atoms with Crippen molar-refractivity contribution < 1.29 is 9.31 Å². The molecule has 0 amide bonds.